The Hall–Kier alpha value is -1.89. The maximum atomic E-state index is 5.51. The molecule has 0 fully saturated rings. The summed E-state index contributed by atoms with van der Waals surface area (Å²) in [4.78, 5) is 12.7. The van der Waals surface area contributed by atoms with Crippen LogP contribution < -0.4 is 15.4 Å². The van der Waals surface area contributed by atoms with Gasteiger partial charge in [-0.3, -0.25) is 0 Å². The first-order chi connectivity index (χ1) is 9.67. The van der Waals surface area contributed by atoms with Gasteiger partial charge in [0, 0.05) is 13.6 Å². The Morgan fingerprint density at radius 1 is 1.25 bits per heavy atom. The summed E-state index contributed by atoms with van der Waals surface area (Å²) in [6.45, 7) is 4.64. The standard InChI is InChI=1S/C13H19N5OS/c1-9(2)19-13-17-11(14-3)16-12(18-13)15-6-4-10-5-7-20-8-10/h5,7-9H,4,6H2,1-3H3,(H2,14,15,16,17,18). The Morgan fingerprint density at radius 3 is 2.70 bits per heavy atom. The molecule has 0 amide bonds. The summed E-state index contributed by atoms with van der Waals surface area (Å²) in [7, 11) is 1.77. The van der Waals surface area contributed by atoms with Crippen molar-refractivity contribution in [2.75, 3.05) is 24.2 Å². The van der Waals surface area contributed by atoms with Crippen LogP contribution in [0.2, 0.25) is 0 Å². The van der Waals surface area contributed by atoms with E-state index in [0.717, 1.165) is 13.0 Å². The highest BCUT2D eigenvalue weighted by molar-refractivity contribution is 7.07. The maximum absolute atomic E-state index is 5.51. The fourth-order valence-corrected chi connectivity index (χ4v) is 2.27. The monoisotopic (exact) mass is 293 g/mol. The zero-order valence-corrected chi connectivity index (χ0v) is 12.7. The largest absolute Gasteiger partial charge is 0.461 e. The van der Waals surface area contributed by atoms with E-state index < -0.39 is 0 Å². The maximum Gasteiger partial charge on any atom is 0.323 e. The third-order valence-electron chi connectivity index (χ3n) is 2.46. The molecular formula is C13H19N5OS. The molecule has 2 N–H and O–H groups in total. The van der Waals surface area contributed by atoms with Crippen LogP contribution in [0.4, 0.5) is 11.9 Å². The van der Waals surface area contributed by atoms with Gasteiger partial charge in [-0.15, -0.1) is 0 Å². The summed E-state index contributed by atoms with van der Waals surface area (Å²) in [5.74, 6) is 1.02. The minimum atomic E-state index is 0.0285. The lowest BCUT2D eigenvalue weighted by molar-refractivity contribution is 0.222. The van der Waals surface area contributed by atoms with E-state index in [4.69, 9.17) is 4.74 Å². The highest BCUT2D eigenvalue weighted by Crippen LogP contribution is 2.12. The van der Waals surface area contributed by atoms with Gasteiger partial charge in [-0.05, 0) is 42.7 Å². The van der Waals surface area contributed by atoms with Gasteiger partial charge in [0.05, 0.1) is 6.10 Å². The second kappa shape index (κ2) is 7.04. The minimum absolute atomic E-state index is 0.0285. The van der Waals surface area contributed by atoms with Crippen molar-refractivity contribution in [1.29, 1.82) is 0 Å². The van der Waals surface area contributed by atoms with E-state index in [1.165, 1.54) is 5.56 Å². The lowest BCUT2D eigenvalue weighted by Crippen LogP contribution is -2.14. The fourth-order valence-electron chi connectivity index (χ4n) is 1.56. The summed E-state index contributed by atoms with van der Waals surface area (Å²) in [6.07, 6.45) is 0.963. The first kappa shape index (κ1) is 14.5. The highest BCUT2D eigenvalue weighted by Gasteiger charge is 2.08. The van der Waals surface area contributed by atoms with Gasteiger partial charge in [0.2, 0.25) is 11.9 Å². The average Bonchev–Trinajstić information content (AvgIpc) is 2.91. The van der Waals surface area contributed by atoms with Crippen LogP contribution in [-0.4, -0.2) is 34.6 Å². The lowest BCUT2D eigenvalue weighted by Gasteiger charge is -2.11. The van der Waals surface area contributed by atoms with Crippen molar-refractivity contribution >= 4 is 23.2 Å². The van der Waals surface area contributed by atoms with Gasteiger partial charge in [-0.2, -0.15) is 26.3 Å². The molecule has 0 saturated carbocycles. The first-order valence-electron chi connectivity index (χ1n) is 6.53. The molecule has 0 unspecified atom stereocenters. The molecule has 0 atom stereocenters. The number of thiophene rings is 1. The van der Waals surface area contributed by atoms with Crippen molar-refractivity contribution in [3.05, 3.63) is 22.4 Å². The zero-order valence-electron chi connectivity index (χ0n) is 11.9. The number of aromatic nitrogens is 3. The van der Waals surface area contributed by atoms with Crippen LogP contribution in [0.5, 0.6) is 6.01 Å². The average molecular weight is 293 g/mol. The van der Waals surface area contributed by atoms with Gasteiger partial charge in [-0.1, -0.05) is 0 Å². The zero-order chi connectivity index (χ0) is 14.4. The molecule has 2 rings (SSSR count). The summed E-state index contributed by atoms with van der Waals surface area (Å²) in [5.41, 5.74) is 1.31. The van der Waals surface area contributed by atoms with Crippen molar-refractivity contribution in [2.24, 2.45) is 0 Å². The molecule has 0 aromatic carbocycles. The second-order valence-corrected chi connectivity index (χ2v) is 5.27. The molecule has 2 heterocycles. The van der Waals surface area contributed by atoms with Gasteiger partial charge in [-0.25, -0.2) is 0 Å². The summed E-state index contributed by atoms with van der Waals surface area (Å²) in [6, 6.07) is 2.45. The van der Waals surface area contributed by atoms with Gasteiger partial charge in [0.1, 0.15) is 0 Å². The van der Waals surface area contributed by atoms with Crippen molar-refractivity contribution in [3.8, 4) is 6.01 Å². The number of nitrogens with one attached hydrogen (secondary N) is 2. The summed E-state index contributed by atoms with van der Waals surface area (Å²) < 4.78 is 5.51. The molecule has 6 nitrogen and oxygen atoms in total. The van der Waals surface area contributed by atoms with Crippen LogP contribution in [-0.2, 0) is 6.42 Å². The number of hydrogen-bond acceptors (Lipinski definition) is 7. The third kappa shape index (κ3) is 4.34. The molecule has 0 aliphatic carbocycles. The van der Waals surface area contributed by atoms with Gasteiger partial charge in [0.25, 0.3) is 0 Å². The second-order valence-electron chi connectivity index (χ2n) is 4.49. The molecule has 0 aliphatic rings. The smallest absolute Gasteiger partial charge is 0.323 e. The van der Waals surface area contributed by atoms with Crippen molar-refractivity contribution in [3.63, 3.8) is 0 Å². The van der Waals surface area contributed by atoms with Crippen LogP contribution in [0.3, 0.4) is 0 Å². The van der Waals surface area contributed by atoms with Crippen molar-refractivity contribution in [1.82, 2.24) is 15.0 Å². The normalized spacial score (nSPS) is 10.6. The van der Waals surface area contributed by atoms with E-state index >= 15 is 0 Å². The van der Waals surface area contributed by atoms with Gasteiger partial charge < -0.3 is 15.4 Å². The van der Waals surface area contributed by atoms with E-state index in [1.807, 2.05) is 13.8 Å². The molecular weight excluding hydrogens is 274 g/mol. The Kier molecular flexibility index (Phi) is 5.11. The predicted molar refractivity (Wildman–Crippen MR) is 81.7 cm³/mol. The van der Waals surface area contributed by atoms with Crippen LogP contribution in [0, 0.1) is 0 Å². The Morgan fingerprint density at radius 2 is 2.05 bits per heavy atom. The Labute approximate surface area is 122 Å². The molecule has 2 aromatic heterocycles. The molecule has 2 aromatic rings. The molecule has 0 spiro atoms. The van der Waals surface area contributed by atoms with Gasteiger partial charge in [0.15, 0.2) is 0 Å². The molecule has 0 radical (unpaired) electrons. The summed E-state index contributed by atoms with van der Waals surface area (Å²) >= 11 is 1.70. The molecule has 0 bridgehead atoms. The van der Waals surface area contributed by atoms with E-state index in [9.17, 15) is 0 Å². The van der Waals surface area contributed by atoms with E-state index in [1.54, 1.807) is 18.4 Å². The lowest BCUT2D eigenvalue weighted by atomic mass is 10.2. The van der Waals surface area contributed by atoms with Gasteiger partial charge >= 0.3 is 6.01 Å². The number of ether oxygens (including phenoxy) is 1. The van der Waals surface area contributed by atoms with E-state index in [0.29, 0.717) is 17.9 Å². The topological polar surface area (TPSA) is 72.0 Å². The Balaban J connectivity index is 1.98. The minimum Gasteiger partial charge on any atom is -0.461 e. The fraction of sp³-hybridized carbons (Fsp3) is 0.462. The number of rotatable bonds is 7. The van der Waals surface area contributed by atoms with Crippen molar-refractivity contribution in [2.45, 2.75) is 26.4 Å². The number of anilines is 2. The highest BCUT2D eigenvalue weighted by atomic mass is 32.1. The van der Waals surface area contributed by atoms with Crippen molar-refractivity contribution < 1.29 is 4.74 Å². The third-order valence-corrected chi connectivity index (χ3v) is 3.19. The van der Waals surface area contributed by atoms with Crippen LogP contribution in [0.25, 0.3) is 0 Å². The van der Waals surface area contributed by atoms with E-state index in [-0.39, 0.29) is 6.10 Å². The molecule has 20 heavy (non-hydrogen) atoms. The molecule has 7 heteroatoms. The molecule has 108 valence electrons. The Bertz CT molecular complexity index is 530. The molecule has 0 saturated heterocycles. The van der Waals surface area contributed by atoms with Crippen LogP contribution in [0.15, 0.2) is 16.8 Å². The quantitative estimate of drug-likeness (QED) is 0.817. The number of hydrogen-bond donors (Lipinski definition) is 2. The van der Waals surface area contributed by atoms with Crippen LogP contribution >= 0.6 is 11.3 Å². The van der Waals surface area contributed by atoms with E-state index in [2.05, 4.69) is 42.4 Å². The van der Waals surface area contributed by atoms with Crippen LogP contribution in [0.1, 0.15) is 19.4 Å². The first-order valence-corrected chi connectivity index (χ1v) is 7.47. The predicted octanol–water partition coefficient (Wildman–Crippen LogP) is 2.42. The SMILES string of the molecule is CNc1nc(NCCc2ccsc2)nc(OC(C)C)n1. The number of nitrogens with zero attached hydrogens (tertiary/aromatic N) is 3. The summed E-state index contributed by atoms with van der Waals surface area (Å²) in [5, 5.41) is 10.3. The molecule has 0 aliphatic heterocycles.